The molecule has 144 valence electrons. The Morgan fingerprint density at radius 2 is 1.69 bits per heavy atom. The molecule has 8 heteroatoms. The Kier molecular flexibility index (Phi) is 8.15. The van der Waals surface area contributed by atoms with Crippen LogP contribution in [0.2, 0.25) is 0 Å². The van der Waals surface area contributed by atoms with Crippen molar-refractivity contribution in [3.63, 3.8) is 0 Å². The van der Waals surface area contributed by atoms with Crippen LogP contribution in [0, 0.1) is 5.92 Å². The minimum atomic E-state index is -0.253. The SMILES string of the molecule is Cl.O=C(CNCC1CC1)Nc1ccc(NC(=O)NCC2CCCO2)cc1. The lowest BCUT2D eigenvalue weighted by Crippen LogP contribution is -2.35. The van der Waals surface area contributed by atoms with Crippen molar-refractivity contribution in [2.24, 2.45) is 5.92 Å². The number of carbonyl (C=O) groups is 2. The summed E-state index contributed by atoms with van der Waals surface area (Å²) in [5, 5.41) is 11.6. The lowest BCUT2D eigenvalue weighted by Gasteiger charge is -2.12. The zero-order valence-electron chi connectivity index (χ0n) is 14.8. The van der Waals surface area contributed by atoms with Gasteiger partial charge in [0.15, 0.2) is 0 Å². The first-order valence-electron chi connectivity index (χ1n) is 8.96. The largest absolute Gasteiger partial charge is 0.376 e. The summed E-state index contributed by atoms with van der Waals surface area (Å²) < 4.78 is 5.46. The molecule has 1 aromatic rings. The van der Waals surface area contributed by atoms with Crippen molar-refractivity contribution >= 4 is 35.7 Å². The van der Waals surface area contributed by atoms with Gasteiger partial charge in [-0.15, -0.1) is 12.4 Å². The lowest BCUT2D eigenvalue weighted by molar-refractivity contribution is -0.115. The summed E-state index contributed by atoms with van der Waals surface area (Å²) in [5.41, 5.74) is 1.39. The van der Waals surface area contributed by atoms with Crippen LogP contribution in [-0.4, -0.2) is 44.3 Å². The highest BCUT2D eigenvalue weighted by molar-refractivity contribution is 5.93. The summed E-state index contributed by atoms with van der Waals surface area (Å²) in [6.07, 6.45) is 4.70. The third-order valence-corrected chi connectivity index (χ3v) is 4.36. The molecule has 1 unspecified atom stereocenters. The molecule has 1 aliphatic heterocycles. The van der Waals surface area contributed by atoms with Gasteiger partial charge in [0.2, 0.25) is 5.91 Å². The van der Waals surface area contributed by atoms with Gasteiger partial charge in [-0.25, -0.2) is 4.79 Å². The van der Waals surface area contributed by atoms with Crippen molar-refractivity contribution in [3.05, 3.63) is 24.3 Å². The number of amides is 3. The summed E-state index contributed by atoms with van der Waals surface area (Å²) in [6.45, 7) is 2.53. The maximum atomic E-state index is 11.9. The van der Waals surface area contributed by atoms with E-state index in [2.05, 4.69) is 21.3 Å². The second-order valence-electron chi connectivity index (χ2n) is 6.67. The Bertz CT molecular complexity index is 587. The molecule has 2 fully saturated rings. The number of ether oxygens (including phenoxy) is 1. The molecule has 4 N–H and O–H groups in total. The van der Waals surface area contributed by atoms with E-state index in [1.807, 2.05) is 0 Å². The van der Waals surface area contributed by atoms with E-state index in [0.717, 1.165) is 31.9 Å². The highest BCUT2D eigenvalue weighted by atomic mass is 35.5. The van der Waals surface area contributed by atoms with Gasteiger partial charge in [-0.2, -0.15) is 0 Å². The molecule has 1 heterocycles. The van der Waals surface area contributed by atoms with E-state index in [1.165, 1.54) is 12.8 Å². The van der Waals surface area contributed by atoms with Crippen molar-refractivity contribution in [3.8, 4) is 0 Å². The fourth-order valence-corrected chi connectivity index (χ4v) is 2.74. The van der Waals surface area contributed by atoms with E-state index in [1.54, 1.807) is 24.3 Å². The van der Waals surface area contributed by atoms with Crippen LogP contribution < -0.4 is 21.3 Å². The number of hydrogen-bond donors (Lipinski definition) is 4. The Hall–Kier alpha value is -1.83. The molecular formula is C18H27ClN4O3. The molecule has 1 saturated heterocycles. The minimum Gasteiger partial charge on any atom is -0.376 e. The van der Waals surface area contributed by atoms with Gasteiger partial charge >= 0.3 is 6.03 Å². The van der Waals surface area contributed by atoms with Crippen LogP contribution in [0.15, 0.2) is 24.3 Å². The molecule has 2 aliphatic rings. The maximum Gasteiger partial charge on any atom is 0.319 e. The molecule has 0 radical (unpaired) electrons. The Morgan fingerprint density at radius 1 is 1.00 bits per heavy atom. The van der Waals surface area contributed by atoms with Gasteiger partial charge < -0.3 is 26.0 Å². The fraction of sp³-hybridized carbons (Fsp3) is 0.556. The topological polar surface area (TPSA) is 91.5 Å². The van der Waals surface area contributed by atoms with Gasteiger partial charge in [0.05, 0.1) is 12.6 Å². The van der Waals surface area contributed by atoms with Crippen molar-refractivity contribution in [2.45, 2.75) is 31.8 Å². The molecule has 0 bridgehead atoms. The Morgan fingerprint density at radius 3 is 2.31 bits per heavy atom. The number of nitrogens with one attached hydrogen (secondary N) is 4. The molecule has 1 aromatic carbocycles. The average molecular weight is 383 g/mol. The van der Waals surface area contributed by atoms with Crippen LogP contribution in [0.4, 0.5) is 16.2 Å². The van der Waals surface area contributed by atoms with Gasteiger partial charge in [-0.3, -0.25) is 4.79 Å². The highest BCUT2D eigenvalue weighted by Crippen LogP contribution is 2.27. The lowest BCUT2D eigenvalue weighted by atomic mass is 10.2. The first-order chi connectivity index (χ1) is 12.2. The molecule has 1 aliphatic carbocycles. The third kappa shape index (κ3) is 7.19. The molecule has 3 rings (SSSR count). The molecule has 0 aromatic heterocycles. The summed E-state index contributed by atoms with van der Waals surface area (Å²) in [4.78, 5) is 23.7. The molecular weight excluding hydrogens is 356 g/mol. The molecule has 26 heavy (non-hydrogen) atoms. The smallest absolute Gasteiger partial charge is 0.319 e. The van der Waals surface area contributed by atoms with E-state index in [9.17, 15) is 9.59 Å². The molecule has 3 amide bonds. The number of urea groups is 1. The quantitative estimate of drug-likeness (QED) is 0.555. The summed E-state index contributed by atoms with van der Waals surface area (Å²) in [5.74, 6) is 0.695. The standard InChI is InChI=1S/C18H26N4O3.ClH/c23-17(12-19-10-13-3-4-13)21-14-5-7-15(8-6-14)22-18(24)20-11-16-2-1-9-25-16;/h5-8,13,16,19H,1-4,9-12H2,(H,21,23)(H2,20,22,24);1H. The van der Waals surface area contributed by atoms with E-state index in [-0.39, 0.29) is 30.4 Å². The number of carbonyl (C=O) groups excluding carboxylic acids is 2. The van der Waals surface area contributed by atoms with Crippen molar-refractivity contribution in [1.82, 2.24) is 10.6 Å². The highest BCUT2D eigenvalue weighted by Gasteiger charge is 2.20. The second kappa shape index (κ2) is 10.4. The van der Waals surface area contributed by atoms with Crippen LogP contribution in [0.25, 0.3) is 0 Å². The van der Waals surface area contributed by atoms with Gasteiger partial charge in [0, 0.05) is 24.5 Å². The zero-order valence-corrected chi connectivity index (χ0v) is 15.6. The van der Waals surface area contributed by atoms with Crippen LogP contribution in [0.5, 0.6) is 0 Å². The van der Waals surface area contributed by atoms with Crippen molar-refractivity contribution in [2.75, 3.05) is 36.9 Å². The molecule has 7 nitrogen and oxygen atoms in total. The van der Waals surface area contributed by atoms with Crippen LogP contribution in [-0.2, 0) is 9.53 Å². The molecule has 0 spiro atoms. The van der Waals surface area contributed by atoms with Gasteiger partial charge in [-0.05, 0) is 62.4 Å². The predicted molar refractivity (Wildman–Crippen MR) is 104 cm³/mol. The second-order valence-corrected chi connectivity index (χ2v) is 6.67. The zero-order chi connectivity index (χ0) is 17.5. The fourth-order valence-electron chi connectivity index (χ4n) is 2.74. The van der Waals surface area contributed by atoms with E-state index in [4.69, 9.17) is 4.74 Å². The Balaban J connectivity index is 0.00000243. The number of anilines is 2. The maximum absolute atomic E-state index is 11.9. The van der Waals surface area contributed by atoms with E-state index in [0.29, 0.717) is 24.5 Å². The molecule has 1 atom stereocenters. The summed E-state index contributed by atoms with van der Waals surface area (Å²) in [7, 11) is 0. The van der Waals surface area contributed by atoms with Gasteiger partial charge in [0.25, 0.3) is 0 Å². The molecule has 1 saturated carbocycles. The number of hydrogen-bond acceptors (Lipinski definition) is 4. The van der Waals surface area contributed by atoms with E-state index < -0.39 is 0 Å². The van der Waals surface area contributed by atoms with Gasteiger partial charge in [0.1, 0.15) is 0 Å². The number of rotatable bonds is 8. The van der Waals surface area contributed by atoms with E-state index >= 15 is 0 Å². The van der Waals surface area contributed by atoms with Crippen molar-refractivity contribution < 1.29 is 14.3 Å². The minimum absolute atomic E-state index is 0. The van der Waals surface area contributed by atoms with Crippen LogP contribution in [0.1, 0.15) is 25.7 Å². The van der Waals surface area contributed by atoms with Gasteiger partial charge in [-0.1, -0.05) is 0 Å². The number of halogens is 1. The summed E-state index contributed by atoms with van der Waals surface area (Å²) in [6, 6.07) is 6.82. The predicted octanol–water partition coefficient (Wildman–Crippen LogP) is 2.35. The first-order valence-corrected chi connectivity index (χ1v) is 8.96. The monoisotopic (exact) mass is 382 g/mol. The van der Waals surface area contributed by atoms with Crippen molar-refractivity contribution in [1.29, 1.82) is 0 Å². The summed E-state index contributed by atoms with van der Waals surface area (Å²) >= 11 is 0. The normalized spacial score (nSPS) is 18.7. The van der Waals surface area contributed by atoms with Crippen LogP contribution >= 0.6 is 12.4 Å². The average Bonchev–Trinajstić information content (AvgIpc) is 3.27. The van der Waals surface area contributed by atoms with Crippen LogP contribution in [0.3, 0.4) is 0 Å². The third-order valence-electron chi connectivity index (χ3n) is 4.36. The first kappa shape index (κ1) is 20.5. The number of benzene rings is 1. The Labute approximate surface area is 160 Å².